The molecule has 1 unspecified atom stereocenters. The average molecular weight is 478 g/mol. The molecule has 1 aliphatic heterocycles. The Morgan fingerprint density at radius 2 is 1.85 bits per heavy atom. The molecule has 178 valence electrons. The zero-order valence-corrected chi connectivity index (χ0v) is 19.7. The van der Waals surface area contributed by atoms with Crippen LogP contribution in [-0.4, -0.2) is 30.9 Å². The molecule has 2 aromatic carbocycles. The van der Waals surface area contributed by atoms with E-state index in [1.807, 2.05) is 26.0 Å². The van der Waals surface area contributed by atoms with Gasteiger partial charge >= 0.3 is 0 Å². The molecule has 1 saturated carbocycles. The number of hydrogen-bond acceptors (Lipinski definition) is 3. The van der Waals surface area contributed by atoms with Crippen LogP contribution in [-0.2, 0) is 11.3 Å². The lowest BCUT2D eigenvalue weighted by atomic mass is 9.97. The first-order chi connectivity index (χ1) is 15.4. The predicted octanol–water partition coefficient (Wildman–Crippen LogP) is 4.43. The van der Waals surface area contributed by atoms with Crippen molar-refractivity contribution in [3.8, 4) is 0 Å². The molecule has 0 spiro atoms. The molecule has 1 atom stereocenters. The lowest BCUT2D eigenvalue weighted by Crippen LogP contribution is -2.40. The Bertz CT molecular complexity index is 1040. The summed E-state index contributed by atoms with van der Waals surface area (Å²) < 4.78 is 28.0. The van der Waals surface area contributed by atoms with E-state index in [1.54, 1.807) is 4.90 Å². The average Bonchev–Trinajstić information content (AvgIpc) is 3.63. The van der Waals surface area contributed by atoms with E-state index in [0.717, 1.165) is 55.0 Å². The number of carbonyl (C=O) groups is 2. The molecule has 1 heterocycles. The van der Waals surface area contributed by atoms with Crippen molar-refractivity contribution < 1.29 is 18.4 Å². The van der Waals surface area contributed by atoms with E-state index in [4.69, 9.17) is 0 Å². The smallest absolute Gasteiger partial charge is 0.261 e. The van der Waals surface area contributed by atoms with Crippen LogP contribution in [0, 0.1) is 31.4 Å². The molecule has 5 nitrogen and oxygen atoms in total. The molecule has 4 rings (SSSR count). The third-order valence-electron chi connectivity index (χ3n) is 6.56. The number of carbonyl (C=O) groups excluding carboxylic acids is 2. The maximum atomic E-state index is 14.3. The topological polar surface area (TPSA) is 61.4 Å². The summed E-state index contributed by atoms with van der Waals surface area (Å²) in [5, 5.41) is 6.29. The van der Waals surface area contributed by atoms with Crippen LogP contribution < -0.4 is 15.5 Å². The standard InChI is InChI=1S/C25H29F2N3O2.ClH/c1-15-16(2)22(11-8-17(15)14-29-24(31)18-5-4-12-28-13-18)30(19-9-10-19)25(32)20-6-3-7-21(26)23(20)27;/h3,6-8,11,18-19,28H,4-5,9-10,12-14H2,1-2H3,(H,29,31);1H. The third kappa shape index (κ3) is 5.36. The molecule has 0 aromatic heterocycles. The number of nitrogens with one attached hydrogen (secondary N) is 2. The fourth-order valence-corrected chi connectivity index (χ4v) is 4.32. The first kappa shape index (κ1) is 25.1. The van der Waals surface area contributed by atoms with Crippen molar-refractivity contribution in [2.24, 2.45) is 5.92 Å². The van der Waals surface area contributed by atoms with Gasteiger partial charge in [0.25, 0.3) is 5.91 Å². The summed E-state index contributed by atoms with van der Waals surface area (Å²) >= 11 is 0. The summed E-state index contributed by atoms with van der Waals surface area (Å²) in [6.45, 7) is 5.96. The van der Waals surface area contributed by atoms with Gasteiger partial charge in [-0.05, 0) is 81.0 Å². The highest BCUT2D eigenvalue weighted by Gasteiger charge is 2.36. The van der Waals surface area contributed by atoms with Crippen LogP contribution in [0.5, 0.6) is 0 Å². The van der Waals surface area contributed by atoms with Gasteiger partial charge in [0.05, 0.1) is 11.5 Å². The largest absolute Gasteiger partial charge is 0.352 e. The molecule has 1 saturated heterocycles. The maximum Gasteiger partial charge on any atom is 0.261 e. The minimum atomic E-state index is -1.12. The van der Waals surface area contributed by atoms with Crippen LogP contribution in [0.1, 0.15) is 52.7 Å². The minimum Gasteiger partial charge on any atom is -0.352 e. The Morgan fingerprint density at radius 3 is 2.52 bits per heavy atom. The molecule has 2 aromatic rings. The number of piperidine rings is 1. The van der Waals surface area contributed by atoms with Crippen LogP contribution in [0.15, 0.2) is 30.3 Å². The van der Waals surface area contributed by atoms with Gasteiger partial charge in [-0.15, -0.1) is 12.4 Å². The normalized spacial score (nSPS) is 17.8. The van der Waals surface area contributed by atoms with Gasteiger partial charge in [-0.1, -0.05) is 12.1 Å². The number of benzene rings is 2. The fraction of sp³-hybridized carbons (Fsp3) is 0.440. The van der Waals surface area contributed by atoms with Gasteiger partial charge in [-0.25, -0.2) is 8.78 Å². The lowest BCUT2D eigenvalue weighted by Gasteiger charge is -2.27. The summed E-state index contributed by atoms with van der Waals surface area (Å²) in [6, 6.07) is 7.41. The van der Waals surface area contributed by atoms with Crippen LogP contribution >= 0.6 is 12.4 Å². The second-order valence-electron chi connectivity index (χ2n) is 8.76. The van der Waals surface area contributed by atoms with Crippen LogP contribution in [0.25, 0.3) is 0 Å². The number of rotatable bonds is 6. The Kier molecular flexibility index (Phi) is 8.08. The Labute approximate surface area is 199 Å². The molecular formula is C25H30ClF2N3O2. The van der Waals surface area contributed by atoms with E-state index in [1.165, 1.54) is 12.1 Å². The first-order valence-corrected chi connectivity index (χ1v) is 11.2. The van der Waals surface area contributed by atoms with Gasteiger partial charge in [0.15, 0.2) is 11.6 Å². The Hall–Kier alpha value is -2.51. The van der Waals surface area contributed by atoms with Gasteiger partial charge in [0.1, 0.15) is 0 Å². The van der Waals surface area contributed by atoms with Crippen LogP contribution in [0.4, 0.5) is 14.5 Å². The van der Waals surface area contributed by atoms with Gasteiger partial charge in [0.2, 0.25) is 5.91 Å². The van der Waals surface area contributed by atoms with Crippen molar-refractivity contribution in [1.82, 2.24) is 10.6 Å². The predicted molar refractivity (Wildman–Crippen MR) is 127 cm³/mol. The highest BCUT2D eigenvalue weighted by molar-refractivity contribution is 6.07. The summed E-state index contributed by atoms with van der Waals surface area (Å²) in [4.78, 5) is 27.3. The third-order valence-corrected chi connectivity index (χ3v) is 6.56. The summed E-state index contributed by atoms with van der Waals surface area (Å²) in [6.07, 6.45) is 3.55. The van der Waals surface area contributed by atoms with Crippen molar-refractivity contribution in [1.29, 1.82) is 0 Å². The van der Waals surface area contributed by atoms with E-state index >= 15 is 0 Å². The SMILES string of the molecule is Cc1c(CNC(=O)C2CCCNC2)ccc(N(C(=O)c2cccc(F)c2F)C2CC2)c1C.Cl. The molecule has 1 aliphatic carbocycles. The van der Waals surface area contributed by atoms with E-state index in [9.17, 15) is 18.4 Å². The first-order valence-electron chi connectivity index (χ1n) is 11.2. The lowest BCUT2D eigenvalue weighted by molar-refractivity contribution is -0.125. The minimum absolute atomic E-state index is 0. The monoisotopic (exact) mass is 477 g/mol. The zero-order valence-electron chi connectivity index (χ0n) is 18.9. The maximum absolute atomic E-state index is 14.3. The summed E-state index contributed by atoms with van der Waals surface area (Å²) in [5.41, 5.74) is 3.29. The highest BCUT2D eigenvalue weighted by atomic mass is 35.5. The molecule has 0 bridgehead atoms. The molecular weight excluding hydrogens is 448 g/mol. The van der Waals surface area contributed by atoms with Gasteiger partial charge in [-0.2, -0.15) is 0 Å². The summed E-state index contributed by atoms with van der Waals surface area (Å²) in [5.74, 6) is -2.63. The van der Waals surface area contributed by atoms with Gasteiger partial charge in [0, 0.05) is 24.8 Å². The zero-order chi connectivity index (χ0) is 22.8. The second kappa shape index (κ2) is 10.6. The van der Waals surface area contributed by atoms with E-state index in [2.05, 4.69) is 10.6 Å². The molecule has 8 heteroatoms. The molecule has 0 radical (unpaired) electrons. The van der Waals surface area contributed by atoms with Crippen LogP contribution in [0.2, 0.25) is 0 Å². The molecule has 2 fully saturated rings. The second-order valence-corrected chi connectivity index (χ2v) is 8.76. The van der Waals surface area contributed by atoms with Crippen molar-refractivity contribution in [2.45, 2.75) is 52.1 Å². The Balaban J connectivity index is 0.00000306. The fourth-order valence-electron chi connectivity index (χ4n) is 4.32. The van der Waals surface area contributed by atoms with Crippen LogP contribution in [0.3, 0.4) is 0 Å². The van der Waals surface area contributed by atoms with Gasteiger partial charge < -0.3 is 15.5 Å². The number of anilines is 1. The number of nitrogens with zero attached hydrogens (tertiary/aromatic N) is 1. The van der Waals surface area contributed by atoms with E-state index in [-0.39, 0.29) is 35.8 Å². The van der Waals surface area contributed by atoms with Crippen molar-refractivity contribution in [3.05, 3.63) is 64.2 Å². The number of amides is 2. The van der Waals surface area contributed by atoms with E-state index < -0.39 is 17.5 Å². The molecule has 2 amide bonds. The van der Waals surface area contributed by atoms with Crippen molar-refractivity contribution in [2.75, 3.05) is 18.0 Å². The quantitative estimate of drug-likeness (QED) is 0.647. The van der Waals surface area contributed by atoms with E-state index in [0.29, 0.717) is 18.8 Å². The number of hydrogen-bond donors (Lipinski definition) is 2. The molecule has 2 aliphatic rings. The van der Waals surface area contributed by atoms with Gasteiger partial charge in [-0.3, -0.25) is 9.59 Å². The number of halogens is 3. The molecule has 2 N–H and O–H groups in total. The Morgan fingerprint density at radius 1 is 1.09 bits per heavy atom. The summed E-state index contributed by atoms with van der Waals surface area (Å²) in [7, 11) is 0. The molecule has 33 heavy (non-hydrogen) atoms. The van der Waals surface area contributed by atoms with Crippen molar-refractivity contribution in [3.63, 3.8) is 0 Å². The highest BCUT2D eigenvalue weighted by Crippen LogP contribution is 2.37. The van der Waals surface area contributed by atoms with Crippen molar-refractivity contribution >= 4 is 29.9 Å².